The van der Waals surface area contributed by atoms with Gasteiger partial charge in [-0.25, -0.2) is 9.78 Å². The lowest BCUT2D eigenvalue weighted by Crippen LogP contribution is -2.30. The van der Waals surface area contributed by atoms with Gasteiger partial charge in [0.1, 0.15) is 8.07 Å². The molecular formula is C20H23N3O3SSi. The van der Waals surface area contributed by atoms with Crippen LogP contribution in [0.5, 0.6) is 0 Å². The van der Waals surface area contributed by atoms with Crippen molar-refractivity contribution in [2.24, 2.45) is 5.92 Å². The lowest BCUT2D eigenvalue weighted by Gasteiger charge is -2.11. The number of anilines is 1. The van der Waals surface area contributed by atoms with Crippen molar-refractivity contribution in [2.45, 2.75) is 26.1 Å². The lowest BCUT2D eigenvalue weighted by atomic mass is 10.1. The van der Waals surface area contributed by atoms with Gasteiger partial charge in [-0.3, -0.25) is 4.79 Å². The van der Waals surface area contributed by atoms with E-state index in [4.69, 9.17) is 5.11 Å². The van der Waals surface area contributed by atoms with Crippen LogP contribution in [-0.4, -0.2) is 48.2 Å². The van der Waals surface area contributed by atoms with E-state index in [2.05, 4.69) is 41.4 Å². The summed E-state index contributed by atoms with van der Waals surface area (Å²) >= 11 is 1.40. The van der Waals surface area contributed by atoms with Crippen LogP contribution in [0.3, 0.4) is 0 Å². The monoisotopic (exact) mass is 413 g/mol. The molecule has 3 rings (SSSR count). The number of benzene rings is 1. The smallest absolute Gasteiger partial charge is 0.407 e. The normalized spacial score (nSPS) is 16.4. The van der Waals surface area contributed by atoms with E-state index in [1.807, 2.05) is 24.3 Å². The first-order valence-electron chi connectivity index (χ1n) is 9.09. The number of nitrogens with one attached hydrogen (secondary N) is 1. The zero-order valence-corrected chi connectivity index (χ0v) is 18.0. The fraction of sp³-hybridized carbons (Fsp3) is 0.350. The van der Waals surface area contributed by atoms with Crippen molar-refractivity contribution in [3.05, 3.63) is 36.0 Å². The van der Waals surface area contributed by atoms with Crippen molar-refractivity contribution < 1.29 is 14.7 Å². The number of nitrogens with zero attached hydrogens (tertiary/aromatic N) is 2. The molecule has 1 atom stereocenters. The van der Waals surface area contributed by atoms with Crippen LogP contribution in [0.2, 0.25) is 19.6 Å². The largest absolute Gasteiger partial charge is 0.465 e. The summed E-state index contributed by atoms with van der Waals surface area (Å²) in [7, 11) is -1.40. The van der Waals surface area contributed by atoms with Crippen molar-refractivity contribution in [3.8, 4) is 21.9 Å². The van der Waals surface area contributed by atoms with E-state index < -0.39 is 14.2 Å². The maximum atomic E-state index is 12.4. The van der Waals surface area contributed by atoms with Crippen LogP contribution in [0, 0.1) is 17.4 Å². The molecule has 2 amide bonds. The Hall–Kier alpha value is -2.63. The number of carboxylic acid groups (broad SMARTS) is 1. The highest BCUT2D eigenvalue weighted by Crippen LogP contribution is 2.30. The molecule has 8 heteroatoms. The quantitative estimate of drug-likeness (QED) is 0.589. The number of likely N-dealkylation sites (tertiary alicyclic amines) is 1. The number of rotatable bonds is 3. The van der Waals surface area contributed by atoms with Gasteiger partial charge >= 0.3 is 6.09 Å². The predicted octanol–water partition coefficient (Wildman–Crippen LogP) is 3.98. The number of aromatic nitrogens is 1. The Morgan fingerprint density at radius 1 is 1.29 bits per heavy atom. The Balaban J connectivity index is 1.63. The first kappa shape index (κ1) is 20.1. The van der Waals surface area contributed by atoms with Crippen molar-refractivity contribution in [1.82, 2.24) is 9.88 Å². The third-order valence-electron chi connectivity index (χ3n) is 4.32. The van der Waals surface area contributed by atoms with Gasteiger partial charge in [0.05, 0.1) is 10.8 Å². The highest BCUT2D eigenvalue weighted by Gasteiger charge is 2.31. The summed E-state index contributed by atoms with van der Waals surface area (Å²) in [5, 5.41) is 12.3. The molecule has 1 saturated heterocycles. The van der Waals surface area contributed by atoms with Gasteiger partial charge in [0.15, 0.2) is 5.13 Å². The van der Waals surface area contributed by atoms with Crippen LogP contribution in [0.15, 0.2) is 30.5 Å². The molecule has 0 spiro atoms. The second-order valence-electron chi connectivity index (χ2n) is 7.81. The van der Waals surface area contributed by atoms with Crippen LogP contribution in [0.25, 0.3) is 10.4 Å². The van der Waals surface area contributed by atoms with E-state index in [0.29, 0.717) is 18.1 Å². The number of hydrogen-bond acceptors (Lipinski definition) is 4. The maximum absolute atomic E-state index is 12.4. The molecule has 28 heavy (non-hydrogen) atoms. The highest BCUT2D eigenvalue weighted by molar-refractivity contribution is 7.19. The molecule has 2 N–H and O–H groups in total. The summed E-state index contributed by atoms with van der Waals surface area (Å²) in [6.07, 6.45) is 1.29. The van der Waals surface area contributed by atoms with E-state index in [9.17, 15) is 9.59 Å². The van der Waals surface area contributed by atoms with E-state index >= 15 is 0 Å². The van der Waals surface area contributed by atoms with Crippen LogP contribution in [0.1, 0.15) is 12.0 Å². The maximum Gasteiger partial charge on any atom is 0.407 e. The molecule has 1 aliphatic heterocycles. The predicted molar refractivity (Wildman–Crippen MR) is 114 cm³/mol. The molecule has 0 bridgehead atoms. The average molecular weight is 414 g/mol. The standard InChI is InChI=1S/C20H23N3O3SSi/c1-28(2,3)11-9-14-4-6-15(7-5-14)17-12-21-19(27-17)22-18(24)16-8-10-23(13-16)20(25)26/h4-7,12,16H,8,10,13H2,1-3H3,(H,25,26)(H,21,22,24)/t16-/m0/s1. The van der Waals surface area contributed by atoms with Crippen LogP contribution >= 0.6 is 11.3 Å². The van der Waals surface area contributed by atoms with Crippen molar-refractivity contribution in [2.75, 3.05) is 18.4 Å². The van der Waals surface area contributed by atoms with Gasteiger partial charge in [-0.1, -0.05) is 49.0 Å². The molecule has 1 fully saturated rings. The number of carbonyl (C=O) groups excluding carboxylic acids is 1. The second-order valence-corrected chi connectivity index (χ2v) is 13.6. The van der Waals surface area contributed by atoms with Gasteiger partial charge in [-0.2, -0.15) is 0 Å². The average Bonchev–Trinajstić information content (AvgIpc) is 3.29. The zero-order valence-electron chi connectivity index (χ0n) is 16.2. The summed E-state index contributed by atoms with van der Waals surface area (Å²) in [4.78, 5) is 29.8. The lowest BCUT2D eigenvalue weighted by molar-refractivity contribution is -0.119. The van der Waals surface area contributed by atoms with Gasteiger partial charge in [0.2, 0.25) is 5.91 Å². The third-order valence-corrected chi connectivity index (χ3v) is 6.15. The minimum Gasteiger partial charge on any atom is -0.465 e. The number of amides is 2. The Kier molecular flexibility index (Phi) is 5.86. The van der Waals surface area contributed by atoms with Crippen molar-refractivity contribution >= 4 is 36.5 Å². The molecule has 1 aliphatic rings. The summed E-state index contributed by atoms with van der Waals surface area (Å²) < 4.78 is 0. The minimum absolute atomic E-state index is 0.179. The second kappa shape index (κ2) is 8.16. The molecule has 1 aromatic heterocycles. The van der Waals surface area contributed by atoms with Gasteiger partial charge in [-0.15, -0.1) is 5.54 Å². The third kappa shape index (κ3) is 5.21. The van der Waals surface area contributed by atoms with E-state index in [-0.39, 0.29) is 18.4 Å². The summed E-state index contributed by atoms with van der Waals surface area (Å²) in [5.41, 5.74) is 5.37. The molecule has 2 heterocycles. The number of carbonyl (C=O) groups is 2. The fourth-order valence-corrected chi connectivity index (χ4v) is 4.14. The Labute approximate surface area is 169 Å². The molecule has 146 valence electrons. The number of hydrogen-bond donors (Lipinski definition) is 2. The summed E-state index contributed by atoms with van der Waals surface area (Å²) in [6, 6.07) is 8.02. The Morgan fingerprint density at radius 2 is 2.00 bits per heavy atom. The number of thiazole rings is 1. The zero-order chi connectivity index (χ0) is 20.3. The first-order chi connectivity index (χ1) is 13.2. The molecule has 0 aliphatic carbocycles. The van der Waals surface area contributed by atoms with E-state index in [1.54, 1.807) is 6.20 Å². The molecular weight excluding hydrogens is 390 g/mol. The molecule has 1 aromatic carbocycles. The Morgan fingerprint density at radius 3 is 2.61 bits per heavy atom. The van der Waals surface area contributed by atoms with Gasteiger partial charge in [0, 0.05) is 24.8 Å². The summed E-state index contributed by atoms with van der Waals surface area (Å²) in [5.74, 6) is 2.73. The van der Waals surface area contributed by atoms with Crippen LogP contribution < -0.4 is 5.32 Å². The fourth-order valence-electron chi connectivity index (χ4n) is 2.80. The SMILES string of the molecule is C[Si](C)(C)C#Cc1ccc(-c2cnc(NC(=O)[C@H]3CCN(C(=O)O)C3)s2)cc1. The van der Waals surface area contributed by atoms with Crippen LogP contribution in [-0.2, 0) is 4.79 Å². The van der Waals surface area contributed by atoms with E-state index in [1.165, 1.54) is 16.2 Å². The molecule has 0 radical (unpaired) electrons. The molecule has 0 saturated carbocycles. The van der Waals surface area contributed by atoms with Crippen molar-refractivity contribution in [1.29, 1.82) is 0 Å². The summed E-state index contributed by atoms with van der Waals surface area (Å²) in [6.45, 7) is 7.27. The topological polar surface area (TPSA) is 82.5 Å². The van der Waals surface area contributed by atoms with Crippen molar-refractivity contribution in [3.63, 3.8) is 0 Å². The molecule has 6 nitrogen and oxygen atoms in total. The molecule has 2 aromatic rings. The van der Waals surface area contributed by atoms with Gasteiger partial charge in [-0.05, 0) is 24.1 Å². The van der Waals surface area contributed by atoms with E-state index in [0.717, 1.165) is 16.0 Å². The minimum atomic E-state index is -1.40. The first-order valence-corrected chi connectivity index (χ1v) is 13.4. The van der Waals surface area contributed by atoms with Crippen LogP contribution in [0.4, 0.5) is 9.93 Å². The highest BCUT2D eigenvalue weighted by atomic mass is 32.1. The Bertz CT molecular complexity index is 938. The van der Waals surface area contributed by atoms with Gasteiger partial charge in [0.25, 0.3) is 0 Å². The van der Waals surface area contributed by atoms with Gasteiger partial charge < -0.3 is 15.3 Å². The molecule has 0 unspecified atom stereocenters.